The monoisotopic (exact) mass is 251 g/mol. The summed E-state index contributed by atoms with van der Waals surface area (Å²) in [7, 11) is 0. The van der Waals surface area contributed by atoms with Crippen LogP contribution >= 0.6 is 11.3 Å². The molecule has 5 heteroatoms. The standard InChI is InChI=1S/C12H17N3OS/c1-9(2)8-13-6-5-11-14-15-12(17-11)10-4-3-7-16-10/h3-4,7,9,13H,5-6,8H2,1-2H3. The number of hydrogen-bond acceptors (Lipinski definition) is 5. The molecule has 0 saturated heterocycles. The zero-order valence-electron chi connectivity index (χ0n) is 10.1. The summed E-state index contributed by atoms with van der Waals surface area (Å²) in [5.74, 6) is 1.48. The van der Waals surface area contributed by atoms with Crippen molar-refractivity contribution in [3.63, 3.8) is 0 Å². The Labute approximate surface area is 105 Å². The largest absolute Gasteiger partial charge is 0.462 e. The quantitative estimate of drug-likeness (QED) is 0.802. The van der Waals surface area contributed by atoms with Crippen LogP contribution in [0, 0.1) is 5.92 Å². The highest BCUT2D eigenvalue weighted by molar-refractivity contribution is 7.14. The topological polar surface area (TPSA) is 51.0 Å². The maximum absolute atomic E-state index is 5.28. The van der Waals surface area contributed by atoms with Crippen LogP contribution in [0.5, 0.6) is 0 Å². The Morgan fingerprint density at radius 2 is 2.29 bits per heavy atom. The Morgan fingerprint density at radius 1 is 1.41 bits per heavy atom. The van der Waals surface area contributed by atoms with Crippen molar-refractivity contribution < 1.29 is 4.42 Å². The summed E-state index contributed by atoms with van der Waals surface area (Å²) in [5.41, 5.74) is 0. The fourth-order valence-electron chi connectivity index (χ4n) is 1.44. The molecule has 0 spiro atoms. The Hall–Kier alpha value is -1.20. The van der Waals surface area contributed by atoms with Gasteiger partial charge in [0, 0.05) is 13.0 Å². The molecule has 0 amide bonds. The number of furan rings is 1. The van der Waals surface area contributed by atoms with E-state index in [-0.39, 0.29) is 0 Å². The van der Waals surface area contributed by atoms with Gasteiger partial charge in [-0.2, -0.15) is 0 Å². The van der Waals surface area contributed by atoms with Gasteiger partial charge in [0.2, 0.25) is 0 Å². The van der Waals surface area contributed by atoms with Crippen LogP contribution in [-0.4, -0.2) is 23.3 Å². The summed E-state index contributed by atoms with van der Waals surface area (Å²) in [4.78, 5) is 0. The third kappa shape index (κ3) is 3.64. The van der Waals surface area contributed by atoms with E-state index in [2.05, 4.69) is 29.4 Å². The fraction of sp³-hybridized carbons (Fsp3) is 0.500. The lowest BCUT2D eigenvalue weighted by Crippen LogP contribution is -2.22. The van der Waals surface area contributed by atoms with Gasteiger partial charge >= 0.3 is 0 Å². The zero-order valence-corrected chi connectivity index (χ0v) is 11.0. The molecule has 4 nitrogen and oxygen atoms in total. The first-order valence-electron chi connectivity index (χ1n) is 5.82. The van der Waals surface area contributed by atoms with Crippen LogP contribution in [0.25, 0.3) is 10.8 Å². The number of rotatable bonds is 6. The van der Waals surface area contributed by atoms with Gasteiger partial charge in [0.15, 0.2) is 10.8 Å². The normalized spacial score (nSPS) is 11.2. The molecule has 0 aliphatic carbocycles. The van der Waals surface area contributed by atoms with E-state index < -0.39 is 0 Å². The van der Waals surface area contributed by atoms with Crippen LogP contribution in [0.15, 0.2) is 22.8 Å². The molecule has 2 aromatic heterocycles. The third-order valence-electron chi connectivity index (χ3n) is 2.27. The molecule has 0 unspecified atom stereocenters. The van der Waals surface area contributed by atoms with E-state index in [4.69, 9.17) is 4.42 Å². The van der Waals surface area contributed by atoms with Gasteiger partial charge in [0.05, 0.1) is 6.26 Å². The number of nitrogens with zero attached hydrogens (tertiary/aromatic N) is 2. The molecule has 0 atom stereocenters. The predicted octanol–water partition coefficient (Wildman–Crippen LogP) is 2.59. The summed E-state index contributed by atoms with van der Waals surface area (Å²) < 4.78 is 5.28. The van der Waals surface area contributed by atoms with Gasteiger partial charge in [-0.1, -0.05) is 25.2 Å². The Bertz CT molecular complexity index is 436. The highest BCUT2D eigenvalue weighted by atomic mass is 32.1. The van der Waals surface area contributed by atoms with Crippen molar-refractivity contribution in [2.24, 2.45) is 5.92 Å². The van der Waals surface area contributed by atoms with Crippen molar-refractivity contribution >= 4 is 11.3 Å². The number of aromatic nitrogens is 2. The fourth-order valence-corrected chi connectivity index (χ4v) is 2.25. The minimum Gasteiger partial charge on any atom is -0.462 e. The average Bonchev–Trinajstić information content (AvgIpc) is 2.94. The molecule has 0 fully saturated rings. The lowest BCUT2D eigenvalue weighted by Gasteiger charge is -2.04. The predicted molar refractivity (Wildman–Crippen MR) is 69.0 cm³/mol. The molecule has 2 heterocycles. The lowest BCUT2D eigenvalue weighted by molar-refractivity contribution is 0.553. The Kier molecular flexibility index (Phi) is 4.28. The highest BCUT2D eigenvalue weighted by Gasteiger charge is 2.08. The smallest absolute Gasteiger partial charge is 0.183 e. The van der Waals surface area contributed by atoms with E-state index in [1.165, 1.54) is 0 Å². The first-order valence-corrected chi connectivity index (χ1v) is 6.64. The maximum atomic E-state index is 5.28. The van der Waals surface area contributed by atoms with E-state index >= 15 is 0 Å². The first-order chi connectivity index (χ1) is 8.25. The van der Waals surface area contributed by atoms with Crippen LogP contribution in [0.2, 0.25) is 0 Å². The van der Waals surface area contributed by atoms with E-state index in [9.17, 15) is 0 Å². The first kappa shape index (κ1) is 12.3. The van der Waals surface area contributed by atoms with Gasteiger partial charge < -0.3 is 9.73 Å². The van der Waals surface area contributed by atoms with Gasteiger partial charge in [-0.05, 0) is 24.6 Å². The molecular formula is C12H17N3OS. The number of hydrogen-bond donors (Lipinski definition) is 1. The maximum Gasteiger partial charge on any atom is 0.183 e. The molecule has 2 aromatic rings. The van der Waals surface area contributed by atoms with Gasteiger partial charge in [-0.3, -0.25) is 0 Å². The molecule has 1 N–H and O–H groups in total. The highest BCUT2D eigenvalue weighted by Crippen LogP contribution is 2.23. The van der Waals surface area contributed by atoms with E-state index in [1.807, 2.05) is 12.1 Å². The number of nitrogens with one attached hydrogen (secondary N) is 1. The van der Waals surface area contributed by atoms with Crippen molar-refractivity contribution in [2.75, 3.05) is 13.1 Å². The van der Waals surface area contributed by atoms with Crippen molar-refractivity contribution in [3.05, 3.63) is 23.4 Å². The van der Waals surface area contributed by atoms with Crippen LogP contribution < -0.4 is 5.32 Å². The second kappa shape index (κ2) is 5.93. The van der Waals surface area contributed by atoms with Crippen LogP contribution in [0.4, 0.5) is 0 Å². The summed E-state index contributed by atoms with van der Waals surface area (Å²) in [5, 5.41) is 13.6. The van der Waals surface area contributed by atoms with E-state index in [1.54, 1.807) is 17.6 Å². The summed E-state index contributed by atoms with van der Waals surface area (Å²) >= 11 is 1.59. The summed E-state index contributed by atoms with van der Waals surface area (Å²) in [6.45, 7) is 6.40. The summed E-state index contributed by atoms with van der Waals surface area (Å²) in [6.07, 6.45) is 2.58. The van der Waals surface area contributed by atoms with Crippen LogP contribution in [0.3, 0.4) is 0 Å². The molecule has 0 radical (unpaired) electrons. The van der Waals surface area contributed by atoms with Gasteiger partial charge in [-0.25, -0.2) is 0 Å². The second-order valence-corrected chi connectivity index (χ2v) is 5.39. The van der Waals surface area contributed by atoms with E-state index in [0.29, 0.717) is 5.92 Å². The summed E-state index contributed by atoms with van der Waals surface area (Å²) in [6, 6.07) is 3.77. The van der Waals surface area contributed by atoms with Crippen molar-refractivity contribution in [1.29, 1.82) is 0 Å². The molecule has 92 valence electrons. The molecule has 2 rings (SSSR count). The molecule has 0 aromatic carbocycles. The van der Waals surface area contributed by atoms with Gasteiger partial charge in [0.1, 0.15) is 5.01 Å². The van der Waals surface area contributed by atoms with Crippen LogP contribution in [-0.2, 0) is 6.42 Å². The molecule has 0 aliphatic rings. The van der Waals surface area contributed by atoms with Crippen molar-refractivity contribution in [3.8, 4) is 10.8 Å². The lowest BCUT2D eigenvalue weighted by atomic mass is 10.2. The molecular weight excluding hydrogens is 234 g/mol. The van der Waals surface area contributed by atoms with Gasteiger partial charge in [-0.15, -0.1) is 10.2 Å². The van der Waals surface area contributed by atoms with Crippen molar-refractivity contribution in [2.45, 2.75) is 20.3 Å². The van der Waals surface area contributed by atoms with Crippen molar-refractivity contribution in [1.82, 2.24) is 15.5 Å². The van der Waals surface area contributed by atoms with Crippen LogP contribution in [0.1, 0.15) is 18.9 Å². The Balaban J connectivity index is 1.83. The zero-order chi connectivity index (χ0) is 12.1. The minimum absolute atomic E-state index is 0.683. The molecule has 0 aliphatic heterocycles. The molecule has 0 saturated carbocycles. The SMILES string of the molecule is CC(C)CNCCc1nnc(-c2ccco2)s1. The van der Waals surface area contributed by atoms with Gasteiger partial charge in [0.25, 0.3) is 0 Å². The Morgan fingerprint density at radius 3 is 3.00 bits per heavy atom. The molecule has 0 bridgehead atoms. The van der Waals surface area contributed by atoms with E-state index in [0.717, 1.165) is 35.3 Å². The second-order valence-electron chi connectivity index (χ2n) is 4.33. The average molecular weight is 251 g/mol. The minimum atomic E-state index is 0.683. The third-order valence-corrected chi connectivity index (χ3v) is 3.26. The molecule has 17 heavy (non-hydrogen) atoms.